The molecule has 0 aliphatic carbocycles. The molecule has 6 aromatic carbocycles. The molecule has 117 heavy (non-hydrogen) atoms. The number of phenolic OH excluding ortho intramolecular Hbond substituents is 3. The number of fused-ring (bicyclic) bond motifs is 8. The van der Waals surface area contributed by atoms with Crippen molar-refractivity contribution in [2.45, 2.75) is 27.7 Å². The predicted molar refractivity (Wildman–Crippen MR) is 452 cm³/mol. The molecule has 38 heteroatoms. The molecular weight excluding hydrogens is 1510 g/mol. The number of hydrogen-bond donors (Lipinski definition) is 12. The fourth-order valence-corrected chi connectivity index (χ4v) is 13.7. The lowest BCUT2D eigenvalue weighted by Crippen LogP contribution is -1.95. The summed E-state index contributed by atoms with van der Waals surface area (Å²) in [6.07, 6.45) is 10.6. The Kier molecular flexibility index (Phi) is 20.1. The number of nitrogens with zero attached hydrogens (tertiary/aromatic N) is 25. The minimum absolute atomic E-state index is 0.105. The van der Waals surface area contributed by atoms with Crippen LogP contribution in [0.5, 0.6) is 17.2 Å². The quantitative estimate of drug-likeness (QED) is 0.0543. The van der Waals surface area contributed by atoms with Crippen molar-refractivity contribution in [3.05, 3.63) is 187 Å². The van der Waals surface area contributed by atoms with Gasteiger partial charge in [0.2, 0.25) is 0 Å². The van der Waals surface area contributed by atoms with Crippen LogP contribution in [0, 0.1) is 27.7 Å². The van der Waals surface area contributed by atoms with E-state index in [1.807, 2.05) is 77.7 Å². The van der Waals surface area contributed by atoms with E-state index in [1.54, 1.807) is 54.3 Å². The van der Waals surface area contributed by atoms with E-state index in [0.29, 0.717) is 95.8 Å². The third-order valence-electron chi connectivity index (χ3n) is 19.5. The van der Waals surface area contributed by atoms with Crippen molar-refractivity contribution in [3.63, 3.8) is 0 Å². The first kappa shape index (κ1) is 76.3. The molecule has 20 aromatic rings. The van der Waals surface area contributed by atoms with E-state index in [2.05, 4.69) is 169 Å². The van der Waals surface area contributed by atoms with Crippen LogP contribution in [0.15, 0.2) is 159 Å². The van der Waals surface area contributed by atoms with Crippen molar-refractivity contribution in [2.75, 3.05) is 40.1 Å². The van der Waals surface area contributed by atoms with Gasteiger partial charge in [0.25, 0.3) is 0 Å². The number of rotatable bonds is 6. The van der Waals surface area contributed by atoms with Crippen LogP contribution in [0.3, 0.4) is 0 Å². The van der Waals surface area contributed by atoms with Gasteiger partial charge in [-0.3, -0.25) is 5.10 Å². The van der Waals surface area contributed by atoms with E-state index in [-0.39, 0.29) is 17.2 Å². The zero-order chi connectivity index (χ0) is 82.5. The van der Waals surface area contributed by atoms with Crippen LogP contribution in [0.25, 0.3) is 156 Å². The highest BCUT2D eigenvalue weighted by atomic mass is 35.5. The highest BCUT2D eigenvalue weighted by Crippen LogP contribution is 2.40. The van der Waals surface area contributed by atoms with Crippen molar-refractivity contribution in [3.8, 4) is 84.8 Å². The smallest absolute Gasteiger partial charge is 0.163 e. The maximum atomic E-state index is 9.59. The number of aromatic amines is 2. The van der Waals surface area contributed by atoms with Gasteiger partial charge in [0, 0.05) is 110 Å². The molecule has 19 N–H and O–H groups in total. The molecule has 0 bridgehead atoms. The van der Waals surface area contributed by atoms with Gasteiger partial charge in [0.15, 0.2) is 45.4 Å². The van der Waals surface area contributed by atoms with Gasteiger partial charge in [-0.15, -0.1) is 0 Å². The second-order valence-corrected chi connectivity index (χ2v) is 27.6. The zero-order valence-electron chi connectivity index (χ0n) is 64.5. The summed E-state index contributed by atoms with van der Waals surface area (Å²) < 4.78 is 10.1. The number of anilines is 7. The number of phenols is 3. The molecular formula is C79H75ClN34O3. The summed E-state index contributed by atoms with van der Waals surface area (Å²) in [5, 5.41) is 69.6. The van der Waals surface area contributed by atoms with Gasteiger partial charge in [0.05, 0.1) is 42.9 Å². The Morgan fingerprint density at radius 3 is 1.14 bits per heavy atom. The average Bonchev–Trinajstić information content (AvgIpc) is 1.67. The number of halogens is 1. The molecule has 0 atom stereocenters. The lowest BCUT2D eigenvalue weighted by molar-refractivity contribution is 0.404. The monoisotopic (exact) mass is 1580 g/mol. The molecule has 14 heterocycles. The first-order valence-corrected chi connectivity index (χ1v) is 36.1. The number of aromatic hydroxyl groups is 3. The summed E-state index contributed by atoms with van der Waals surface area (Å²) in [4.78, 5) is 52.6. The fourth-order valence-electron chi connectivity index (χ4n) is 13.5. The van der Waals surface area contributed by atoms with Crippen LogP contribution in [0.2, 0.25) is 5.02 Å². The topological polar surface area (TPSA) is 549 Å². The van der Waals surface area contributed by atoms with Gasteiger partial charge in [-0.2, -0.15) is 35.7 Å². The molecule has 0 saturated heterocycles. The van der Waals surface area contributed by atoms with E-state index >= 15 is 0 Å². The maximum absolute atomic E-state index is 9.59. The van der Waals surface area contributed by atoms with Crippen LogP contribution in [-0.4, -0.2) is 149 Å². The standard InChI is InChI=1S/C15H14N6.C14H13N7.C14H15N5.C12H10ClN5O.C12H12N6.C12H11N5O2/c1-8-6-17-11-5-9(3-4-10(8)11)13-12-14(16)18-7-19-15(12)21(2)20-13;1-7-9-5-8(3-4-10(9)19-18-7)12-11-13(15)16-6-17-14(11)21(2)20-12;1-8-4-5-10(6-9(8)2)12-11-13(15)16-7-17-14(11)19(3)18-12;1-18-12-9(11(14)15-5-16-12)10(17-18)7-4-6(19)2-3-8(7)13;1-18-12-9(11(14)15-6-16-12)10(17-18)7-2-4-8(13)5-3-7;1-17-12-9(11(13)14-5-15-12)10(16-17)6-2-3-7(18)8(19)4-6/h3-7,17H,1-2H3,(H2,16,18,19);3-6H,1-2H3,(H,18,19)(H2,15,16,17);4-7H,1-3H3,(H2,15,16,17);2-5,19H,1H3,(H2,14,15,16);2-6H,13H2,1H3,(H2,14,15,16);2-5,18-19H,1H3,(H2,13,14,15). The third kappa shape index (κ3) is 14.5. The van der Waals surface area contributed by atoms with E-state index in [9.17, 15) is 15.3 Å². The Bertz CT molecular complexity index is 7080. The second-order valence-electron chi connectivity index (χ2n) is 27.2. The van der Waals surface area contributed by atoms with Gasteiger partial charge in [-0.25, -0.2) is 87.9 Å². The Hall–Kier alpha value is -16.1. The van der Waals surface area contributed by atoms with Gasteiger partial charge >= 0.3 is 0 Å². The van der Waals surface area contributed by atoms with Crippen LogP contribution in [0.1, 0.15) is 22.4 Å². The third-order valence-corrected chi connectivity index (χ3v) is 19.8. The highest BCUT2D eigenvalue weighted by molar-refractivity contribution is 6.33. The number of aromatic nitrogens is 27. The van der Waals surface area contributed by atoms with Gasteiger partial charge in [0.1, 0.15) is 113 Å². The summed E-state index contributed by atoms with van der Waals surface area (Å²) in [5.74, 6) is 2.13. The molecule has 586 valence electrons. The first-order chi connectivity index (χ1) is 56.2. The van der Waals surface area contributed by atoms with Gasteiger partial charge in [-0.05, 0) is 117 Å². The lowest BCUT2D eigenvalue weighted by atomic mass is 10.0. The fraction of sp³-hybridized carbons (Fsp3) is 0.127. The number of nitrogen functional groups attached to an aromatic ring is 7. The van der Waals surface area contributed by atoms with Crippen LogP contribution in [-0.2, 0) is 42.3 Å². The highest BCUT2D eigenvalue weighted by Gasteiger charge is 2.23. The SMILES string of the molecule is Cc1[nH]nc2ccc(-c3nn(C)c4ncnc(N)c34)cc12.Cc1c[nH]c2cc(-c3nn(C)c4ncnc(N)c34)ccc12.Cc1ccc(-c2nn(C)c3ncnc(N)c23)cc1C.Cn1nc(-c2cc(O)ccc2Cl)c2c(N)ncnc21.Cn1nc(-c2ccc(N)cc2)c2c(N)ncnc21.Cn1nc(-c2ccc(O)c(O)c2)c2c(N)ncnc21. The summed E-state index contributed by atoms with van der Waals surface area (Å²) in [6.45, 7) is 8.25. The molecule has 0 unspecified atom stereocenters. The Labute approximate surface area is 667 Å². The molecule has 37 nitrogen and oxygen atoms in total. The van der Waals surface area contributed by atoms with E-state index in [1.165, 1.54) is 84.3 Å². The minimum atomic E-state index is -0.216. The van der Waals surface area contributed by atoms with Crippen molar-refractivity contribution >= 4 is 140 Å². The molecule has 0 radical (unpaired) electrons. The van der Waals surface area contributed by atoms with Crippen LogP contribution >= 0.6 is 11.6 Å². The van der Waals surface area contributed by atoms with E-state index in [0.717, 1.165) is 106 Å². The Balaban J connectivity index is 0.000000110. The van der Waals surface area contributed by atoms with Crippen molar-refractivity contribution in [1.29, 1.82) is 0 Å². The molecule has 14 aromatic heterocycles. The van der Waals surface area contributed by atoms with Crippen molar-refractivity contribution in [2.24, 2.45) is 42.3 Å². The number of benzene rings is 6. The number of nitrogens with one attached hydrogen (secondary N) is 2. The molecule has 0 saturated carbocycles. The van der Waals surface area contributed by atoms with E-state index in [4.69, 9.17) is 51.7 Å². The predicted octanol–water partition coefficient (Wildman–Crippen LogP) is 10.6. The lowest BCUT2D eigenvalue weighted by Gasteiger charge is -2.03. The Morgan fingerprint density at radius 1 is 0.333 bits per heavy atom. The van der Waals surface area contributed by atoms with E-state index < -0.39 is 0 Å². The summed E-state index contributed by atoms with van der Waals surface area (Å²) in [7, 11) is 10.9. The maximum Gasteiger partial charge on any atom is 0.163 e. The number of H-pyrrole nitrogens is 2. The number of aryl methyl sites for hydroxylation is 10. The van der Waals surface area contributed by atoms with Crippen molar-refractivity contribution in [1.82, 2.24) is 134 Å². The number of hydrogen-bond acceptors (Lipinski definition) is 29. The summed E-state index contributed by atoms with van der Waals surface area (Å²) in [5.41, 5.74) is 62.4. The number of nitrogens with two attached hydrogens (primary N) is 7. The summed E-state index contributed by atoms with van der Waals surface area (Å²) in [6, 6.07) is 35.1. The molecule has 0 aliphatic rings. The molecule has 0 spiro atoms. The molecule has 0 amide bonds. The van der Waals surface area contributed by atoms with Gasteiger partial charge in [-0.1, -0.05) is 54.1 Å². The minimum Gasteiger partial charge on any atom is -0.508 e. The van der Waals surface area contributed by atoms with Crippen molar-refractivity contribution < 1.29 is 15.3 Å². The molecule has 0 fully saturated rings. The van der Waals surface area contributed by atoms with Crippen LogP contribution < -0.4 is 40.1 Å². The largest absolute Gasteiger partial charge is 0.508 e. The normalized spacial score (nSPS) is 11.2. The summed E-state index contributed by atoms with van der Waals surface area (Å²) >= 11 is 6.15. The van der Waals surface area contributed by atoms with Crippen LogP contribution in [0.4, 0.5) is 40.6 Å². The average molecular weight is 1580 g/mol. The molecule has 20 rings (SSSR count). The first-order valence-electron chi connectivity index (χ1n) is 35.8. The zero-order valence-corrected chi connectivity index (χ0v) is 65.2. The van der Waals surface area contributed by atoms with Gasteiger partial charge < -0.3 is 60.4 Å². The second kappa shape index (κ2) is 30.9. The Morgan fingerprint density at radius 2 is 0.701 bits per heavy atom. The molecule has 0 aliphatic heterocycles.